The number of carbonyl (C=O) groups excluding carboxylic acids is 1. The van der Waals surface area contributed by atoms with Gasteiger partial charge in [-0.3, -0.25) is 19.8 Å². The standard InChI is InChI=1S/C52H63ClN8O7S2Si/c1-52(2)18-14-39(44(31-52)37-6-8-40(53)9-7-37)33-57-20-22-58(23-21-57)41-10-12-43(51(62)56-70(65,66)42-11-13-49(48(30-42)61(63)64)69-34-36-16-24-67-25-17-36)46(29-41)60-47-28-38-15-19-59(35-68-26-27-71(3,4)5)50(38)55-45(47)32-54-60/h6-13,15,19,28-30,32,36H,14,16-18,20-27,31,33-35H2,1-5H3,(H,56,62). The number of ether oxygens (including phenoxy) is 2. The number of hydrogen-bond donors (Lipinski definition) is 1. The van der Waals surface area contributed by atoms with Crippen LogP contribution in [0.25, 0.3) is 33.3 Å². The molecule has 1 amide bonds. The van der Waals surface area contributed by atoms with Gasteiger partial charge in [0, 0.05) is 94.7 Å². The molecule has 71 heavy (non-hydrogen) atoms. The second-order valence-corrected chi connectivity index (χ2v) is 29.9. The summed E-state index contributed by atoms with van der Waals surface area (Å²) in [6.07, 6.45) is 8.50. The lowest BCUT2D eigenvalue weighted by atomic mass is 9.72. The zero-order valence-electron chi connectivity index (χ0n) is 41.2. The summed E-state index contributed by atoms with van der Waals surface area (Å²) in [6, 6.07) is 22.3. The molecule has 1 aliphatic carbocycles. The Labute approximate surface area is 426 Å². The van der Waals surface area contributed by atoms with E-state index in [1.165, 1.54) is 40.6 Å². The smallest absolute Gasteiger partial charge is 0.284 e. The number of allylic oxidation sites excluding steroid dienone is 1. The van der Waals surface area contributed by atoms with Crippen LogP contribution in [0.5, 0.6) is 0 Å². The summed E-state index contributed by atoms with van der Waals surface area (Å²) in [5.41, 5.74) is 7.20. The molecule has 0 radical (unpaired) electrons. The topological polar surface area (TPSA) is 167 Å². The van der Waals surface area contributed by atoms with Crippen molar-refractivity contribution in [2.45, 2.75) is 88.2 Å². The number of pyridine rings is 1. The largest absolute Gasteiger partial charge is 0.381 e. The van der Waals surface area contributed by atoms with E-state index in [4.69, 9.17) is 31.2 Å². The normalized spacial score (nSPS) is 17.4. The molecule has 0 bridgehead atoms. The number of nitro groups is 1. The van der Waals surface area contributed by atoms with E-state index in [9.17, 15) is 23.3 Å². The molecule has 1 N–H and O–H groups in total. The molecule has 9 rings (SSSR count). The van der Waals surface area contributed by atoms with E-state index in [1.54, 1.807) is 16.9 Å². The first kappa shape index (κ1) is 50.8. The third-order valence-electron chi connectivity index (χ3n) is 14.0. The van der Waals surface area contributed by atoms with Crippen molar-refractivity contribution < 1.29 is 27.6 Å². The van der Waals surface area contributed by atoms with Gasteiger partial charge in [0.2, 0.25) is 0 Å². The predicted molar refractivity (Wildman–Crippen MR) is 285 cm³/mol. The minimum Gasteiger partial charge on any atom is -0.381 e. The Hall–Kier alpha value is -5.08. The number of thioether (sulfide) groups is 1. The Kier molecular flexibility index (Phi) is 15.2. The second kappa shape index (κ2) is 21.2. The van der Waals surface area contributed by atoms with Crippen LogP contribution in [0.15, 0.2) is 101 Å². The fourth-order valence-electron chi connectivity index (χ4n) is 9.66. The average Bonchev–Trinajstić information content (AvgIpc) is 3.95. The van der Waals surface area contributed by atoms with E-state index in [0.29, 0.717) is 59.8 Å². The quantitative estimate of drug-likeness (QED) is 0.0302. The van der Waals surface area contributed by atoms with Gasteiger partial charge >= 0.3 is 0 Å². The molecule has 3 aliphatic rings. The third-order valence-corrected chi connectivity index (χ3v) is 18.5. The van der Waals surface area contributed by atoms with E-state index < -0.39 is 28.9 Å². The van der Waals surface area contributed by atoms with Crippen LogP contribution < -0.4 is 9.62 Å². The fraction of sp³-hybridized carbons (Fsp3) is 0.442. The van der Waals surface area contributed by atoms with Crippen LogP contribution in [0.3, 0.4) is 0 Å². The van der Waals surface area contributed by atoms with Crippen LogP contribution in [0.4, 0.5) is 11.4 Å². The number of fused-ring (bicyclic) bond motifs is 2. The number of carbonyl (C=O) groups is 1. The van der Waals surface area contributed by atoms with Crippen molar-refractivity contribution in [3.63, 3.8) is 0 Å². The molecule has 376 valence electrons. The number of amides is 1. The summed E-state index contributed by atoms with van der Waals surface area (Å²) < 4.78 is 45.4. The third kappa shape index (κ3) is 12.1. The van der Waals surface area contributed by atoms with Crippen molar-refractivity contribution in [1.82, 2.24) is 29.0 Å². The number of benzene rings is 3. The number of piperazine rings is 1. The minimum absolute atomic E-state index is 0.0504. The molecule has 2 aliphatic heterocycles. The number of halogens is 1. The van der Waals surface area contributed by atoms with Crippen LogP contribution in [0.1, 0.15) is 61.9 Å². The highest BCUT2D eigenvalue weighted by Gasteiger charge is 2.31. The number of rotatable bonds is 17. The van der Waals surface area contributed by atoms with E-state index in [-0.39, 0.29) is 21.6 Å². The second-order valence-electron chi connectivity index (χ2n) is 21.1. The Balaban J connectivity index is 0.993. The lowest BCUT2D eigenvalue weighted by Gasteiger charge is -2.39. The van der Waals surface area contributed by atoms with Gasteiger partial charge < -0.3 is 18.9 Å². The molecule has 2 fully saturated rings. The molecule has 2 saturated heterocycles. The summed E-state index contributed by atoms with van der Waals surface area (Å²) in [6.45, 7) is 17.9. The van der Waals surface area contributed by atoms with Gasteiger partial charge in [-0.15, -0.1) is 11.8 Å². The first-order valence-electron chi connectivity index (χ1n) is 24.5. The summed E-state index contributed by atoms with van der Waals surface area (Å²) >= 11 is 7.61. The van der Waals surface area contributed by atoms with Gasteiger partial charge in [0.05, 0.1) is 37.7 Å². The zero-order chi connectivity index (χ0) is 50.1. The summed E-state index contributed by atoms with van der Waals surface area (Å²) in [4.78, 5) is 35.9. The van der Waals surface area contributed by atoms with Crippen molar-refractivity contribution in [1.29, 1.82) is 0 Å². The first-order chi connectivity index (χ1) is 33.9. The first-order valence-corrected chi connectivity index (χ1v) is 31.0. The Morgan fingerprint density at radius 1 is 1.01 bits per heavy atom. The number of nitrogens with one attached hydrogen (secondary N) is 1. The monoisotopic (exact) mass is 1040 g/mol. The Morgan fingerprint density at radius 3 is 2.51 bits per heavy atom. The SMILES string of the molecule is CC1(C)CCC(CN2CCN(c3ccc(C(=O)NS(=O)(=O)c4ccc(SCC5CCOCC5)c([N+](=O)[O-])c4)c(-n4ncc5nc6c(ccn6COCC[Si](C)(C)C)cc54)c3)CC2)=C(c2ccc(Cl)cc2)C1. The van der Waals surface area contributed by atoms with Gasteiger partial charge in [-0.2, -0.15) is 5.10 Å². The highest BCUT2D eigenvalue weighted by molar-refractivity contribution is 7.99. The maximum absolute atomic E-state index is 14.4. The summed E-state index contributed by atoms with van der Waals surface area (Å²) in [5.74, 6) is 0.0794. The van der Waals surface area contributed by atoms with Gasteiger partial charge in [0.25, 0.3) is 21.6 Å². The molecule has 15 nitrogen and oxygen atoms in total. The van der Waals surface area contributed by atoms with Crippen molar-refractivity contribution in [3.8, 4) is 5.69 Å². The van der Waals surface area contributed by atoms with Crippen molar-refractivity contribution >= 4 is 86.4 Å². The maximum Gasteiger partial charge on any atom is 0.284 e. The van der Waals surface area contributed by atoms with Crippen LogP contribution >= 0.6 is 23.4 Å². The summed E-state index contributed by atoms with van der Waals surface area (Å²) in [7, 11) is -5.84. The molecule has 3 aromatic heterocycles. The molecule has 3 aromatic carbocycles. The minimum atomic E-state index is -4.58. The van der Waals surface area contributed by atoms with Gasteiger partial charge in [-0.1, -0.05) is 62.8 Å². The number of nitro benzene ring substituents is 1. The lowest BCUT2D eigenvalue weighted by molar-refractivity contribution is -0.388. The number of sulfonamides is 1. The molecule has 6 aromatic rings. The maximum atomic E-state index is 14.4. The average molecular weight is 1040 g/mol. The molecule has 0 spiro atoms. The van der Waals surface area contributed by atoms with Crippen molar-refractivity contribution in [2.75, 3.05) is 63.2 Å². The van der Waals surface area contributed by atoms with Crippen LogP contribution in [0.2, 0.25) is 30.7 Å². The number of anilines is 1. The van der Waals surface area contributed by atoms with Gasteiger partial charge in [0.1, 0.15) is 17.9 Å². The van der Waals surface area contributed by atoms with Gasteiger partial charge in [-0.25, -0.2) is 22.8 Å². The molecule has 5 heterocycles. The highest BCUT2D eigenvalue weighted by Crippen LogP contribution is 2.44. The highest BCUT2D eigenvalue weighted by atomic mass is 35.5. The van der Waals surface area contributed by atoms with Crippen LogP contribution in [0, 0.1) is 21.4 Å². The fourth-order valence-corrected chi connectivity index (χ4v) is 12.7. The zero-order valence-corrected chi connectivity index (χ0v) is 44.5. The van der Waals surface area contributed by atoms with E-state index in [1.807, 2.05) is 47.2 Å². The Morgan fingerprint density at radius 2 is 1.77 bits per heavy atom. The van der Waals surface area contributed by atoms with Gasteiger partial charge in [-0.05, 0) is 115 Å². The molecule has 0 unspecified atom stereocenters. The molecular weight excluding hydrogens is 976 g/mol. The van der Waals surface area contributed by atoms with Crippen molar-refractivity contribution in [3.05, 3.63) is 117 Å². The lowest BCUT2D eigenvalue weighted by Crippen LogP contribution is -2.47. The number of aromatic nitrogens is 4. The van der Waals surface area contributed by atoms with E-state index >= 15 is 0 Å². The molecule has 0 atom stereocenters. The van der Waals surface area contributed by atoms with Crippen LogP contribution in [-0.2, 0) is 26.2 Å². The molecular formula is C52H63ClN8O7S2Si. The van der Waals surface area contributed by atoms with Crippen LogP contribution in [-0.4, -0.2) is 110 Å². The molecule has 0 saturated carbocycles. The van der Waals surface area contributed by atoms with Crippen molar-refractivity contribution in [2.24, 2.45) is 11.3 Å². The molecule has 19 heteroatoms. The Bertz CT molecular complexity index is 3080. The predicted octanol–water partition coefficient (Wildman–Crippen LogP) is 10.7. The van der Waals surface area contributed by atoms with Gasteiger partial charge in [0.15, 0.2) is 0 Å². The summed E-state index contributed by atoms with van der Waals surface area (Å²) in [5, 5.41) is 18.6. The number of nitrogens with zero attached hydrogens (tertiary/aromatic N) is 7. The number of hydrogen-bond acceptors (Lipinski definition) is 12. The van der Waals surface area contributed by atoms with E-state index in [0.717, 1.165) is 98.7 Å². The van der Waals surface area contributed by atoms with E-state index in [2.05, 4.69) is 60.1 Å².